The number of thioether (sulfide) groups is 1. The Labute approximate surface area is 194 Å². The Balaban J connectivity index is 1.57. The number of hydrogen-bond acceptors (Lipinski definition) is 9. The summed E-state index contributed by atoms with van der Waals surface area (Å²) >= 11 is 2.73. The smallest absolute Gasteiger partial charge is 0.330 e. The highest BCUT2D eigenvalue weighted by atomic mass is 32.2. The van der Waals surface area contributed by atoms with Gasteiger partial charge >= 0.3 is 5.69 Å². The van der Waals surface area contributed by atoms with Gasteiger partial charge in [-0.25, -0.2) is 4.79 Å². The van der Waals surface area contributed by atoms with Crippen molar-refractivity contribution in [2.24, 2.45) is 0 Å². The Hall–Kier alpha value is -2.34. The lowest BCUT2D eigenvalue weighted by Gasteiger charge is -2.29. The van der Waals surface area contributed by atoms with Gasteiger partial charge in [-0.15, -0.1) is 10.2 Å². The number of carbonyl (C=O) groups is 1. The fourth-order valence-corrected chi connectivity index (χ4v) is 5.63. The van der Waals surface area contributed by atoms with Crippen LogP contribution in [-0.4, -0.2) is 43.5 Å². The number of amides is 1. The van der Waals surface area contributed by atoms with Crippen LogP contribution < -0.4 is 27.2 Å². The van der Waals surface area contributed by atoms with Gasteiger partial charge in [0.1, 0.15) is 5.82 Å². The molecule has 1 amide bonds. The molecule has 2 aromatic rings. The summed E-state index contributed by atoms with van der Waals surface area (Å²) in [6.45, 7) is 2.41. The van der Waals surface area contributed by atoms with Crippen LogP contribution in [0.2, 0.25) is 0 Å². The van der Waals surface area contributed by atoms with Crippen LogP contribution in [0.5, 0.6) is 0 Å². The van der Waals surface area contributed by atoms with Crippen molar-refractivity contribution in [3.8, 4) is 0 Å². The van der Waals surface area contributed by atoms with E-state index in [9.17, 15) is 14.4 Å². The van der Waals surface area contributed by atoms with Crippen LogP contribution in [0.15, 0.2) is 13.9 Å². The molecule has 174 valence electrons. The molecule has 0 saturated heterocycles. The van der Waals surface area contributed by atoms with Gasteiger partial charge in [0.2, 0.25) is 11.0 Å². The second-order valence-corrected chi connectivity index (χ2v) is 10.5. The Bertz CT molecular complexity index is 1070. The van der Waals surface area contributed by atoms with E-state index >= 15 is 0 Å². The highest BCUT2D eigenvalue weighted by molar-refractivity contribution is 8.01. The van der Waals surface area contributed by atoms with Gasteiger partial charge in [-0.1, -0.05) is 49.3 Å². The van der Waals surface area contributed by atoms with E-state index in [0.717, 1.165) is 56.5 Å². The topological polar surface area (TPSA) is 139 Å². The van der Waals surface area contributed by atoms with Crippen molar-refractivity contribution in [2.75, 3.05) is 21.7 Å². The molecule has 0 unspecified atom stereocenters. The van der Waals surface area contributed by atoms with E-state index in [0.29, 0.717) is 16.9 Å². The largest absolute Gasteiger partial charge is 0.383 e. The highest BCUT2D eigenvalue weighted by Crippen LogP contribution is 2.33. The lowest BCUT2D eigenvalue weighted by atomic mass is 10.2. The number of nitrogens with zero attached hydrogens (tertiary/aromatic N) is 4. The predicted molar refractivity (Wildman–Crippen MR) is 128 cm³/mol. The molecular weight excluding hydrogens is 450 g/mol. The van der Waals surface area contributed by atoms with Crippen molar-refractivity contribution in [1.82, 2.24) is 19.7 Å². The summed E-state index contributed by atoms with van der Waals surface area (Å²) in [6, 6.07) is 0.378. The van der Waals surface area contributed by atoms with Crippen LogP contribution in [0.25, 0.3) is 0 Å². The van der Waals surface area contributed by atoms with Crippen LogP contribution >= 0.6 is 23.1 Å². The summed E-state index contributed by atoms with van der Waals surface area (Å²) in [5, 5.41) is 12.3. The Morgan fingerprint density at radius 2 is 2.03 bits per heavy atom. The van der Waals surface area contributed by atoms with E-state index in [1.54, 1.807) is 0 Å². The van der Waals surface area contributed by atoms with E-state index in [1.165, 1.54) is 32.6 Å². The van der Waals surface area contributed by atoms with Gasteiger partial charge in [0.25, 0.3) is 5.56 Å². The van der Waals surface area contributed by atoms with Crippen molar-refractivity contribution in [3.05, 3.63) is 20.8 Å². The van der Waals surface area contributed by atoms with Crippen LogP contribution in [0.3, 0.4) is 0 Å². The summed E-state index contributed by atoms with van der Waals surface area (Å²) in [6.07, 6.45) is 7.50. The monoisotopic (exact) mass is 479 g/mol. The zero-order valence-corrected chi connectivity index (χ0v) is 19.8. The number of carbonyl (C=O) groups excluding carboxylic acids is 1. The van der Waals surface area contributed by atoms with Crippen molar-refractivity contribution < 1.29 is 4.79 Å². The molecule has 4 N–H and O–H groups in total. The van der Waals surface area contributed by atoms with Crippen LogP contribution in [0.4, 0.5) is 16.6 Å². The van der Waals surface area contributed by atoms with Gasteiger partial charge in [0.05, 0.1) is 5.75 Å². The Kier molecular flexibility index (Phi) is 7.19. The van der Waals surface area contributed by atoms with Crippen LogP contribution in [-0.2, 0) is 11.3 Å². The van der Waals surface area contributed by atoms with E-state index in [4.69, 9.17) is 5.73 Å². The molecule has 2 aromatic heterocycles. The first kappa shape index (κ1) is 22.8. The number of hydrogen-bond donors (Lipinski definition) is 3. The third-order valence-electron chi connectivity index (χ3n) is 5.78. The van der Waals surface area contributed by atoms with E-state index in [2.05, 4.69) is 20.5 Å². The number of nitrogen functional groups attached to an aromatic ring is 1. The molecule has 32 heavy (non-hydrogen) atoms. The quantitative estimate of drug-likeness (QED) is 0.442. The van der Waals surface area contributed by atoms with Gasteiger partial charge in [-0.05, 0) is 32.1 Å². The number of aromatic nitrogens is 4. The molecule has 2 saturated carbocycles. The maximum atomic E-state index is 13.4. The number of aromatic amines is 1. The van der Waals surface area contributed by atoms with Gasteiger partial charge in [-0.2, -0.15) is 0 Å². The summed E-state index contributed by atoms with van der Waals surface area (Å²) in [5.41, 5.74) is 5.25. The number of unbranched alkanes of at least 4 members (excludes halogenated alkanes) is 1. The van der Waals surface area contributed by atoms with Gasteiger partial charge in [-0.3, -0.25) is 19.1 Å². The minimum Gasteiger partial charge on any atom is -0.383 e. The molecule has 0 aromatic carbocycles. The number of H-pyrrole nitrogens is 1. The second-order valence-electron chi connectivity index (χ2n) is 8.28. The van der Waals surface area contributed by atoms with Crippen molar-refractivity contribution in [2.45, 2.75) is 81.3 Å². The highest BCUT2D eigenvalue weighted by Gasteiger charge is 2.32. The molecule has 2 heterocycles. The molecular formula is C20H29N7O3S2. The summed E-state index contributed by atoms with van der Waals surface area (Å²) in [4.78, 5) is 42.4. The van der Waals surface area contributed by atoms with Crippen molar-refractivity contribution in [3.63, 3.8) is 0 Å². The first-order valence-electron chi connectivity index (χ1n) is 11.2. The van der Waals surface area contributed by atoms with Crippen molar-refractivity contribution >= 4 is 45.6 Å². The van der Waals surface area contributed by atoms with E-state index < -0.39 is 11.2 Å². The molecule has 0 spiro atoms. The van der Waals surface area contributed by atoms with E-state index in [-0.39, 0.29) is 29.2 Å². The Morgan fingerprint density at radius 1 is 1.28 bits per heavy atom. The fraction of sp³-hybridized carbons (Fsp3) is 0.650. The zero-order chi connectivity index (χ0) is 22.7. The summed E-state index contributed by atoms with van der Waals surface area (Å²) in [5.74, 6) is -0.0439. The minimum absolute atomic E-state index is 0.0595. The molecule has 0 aliphatic heterocycles. The normalized spacial score (nSPS) is 16.4. The molecule has 0 bridgehead atoms. The number of rotatable bonds is 10. The van der Waals surface area contributed by atoms with Crippen LogP contribution in [0.1, 0.15) is 58.3 Å². The van der Waals surface area contributed by atoms with E-state index in [1.807, 2.05) is 6.92 Å². The number of nitrogens with two attached hydrogens (primary N) is 1. The lowest BCUT2D eigenvalue weighted by Crippen LogP contribution is -2.46. The maximum absolute atomic E-state index is 13.4. The molecule has 2 fully saturated rings. The number of anilines is 3. The second kappa shape index (κ2) is 10.1. The molecule has 0 atom stereocenters. The van der Waals surface area contributed by atoms with Crippen LogP contribution in [0, 0.1) is 0 Å². The first-order valence-corrected chi connectivity index (χ1v) is 13.0. The van der Waals surface area contributed by atoms with Gasteiger partial charge in [0, 0.05) is 18.6 Å². The third-order valence-corrected chi connectivity index (χ3v) is 7.75. The predicted octanol–water partition coefficient (Wildman–Crippen LogP) is 2.41. The summed E-state index contributed by atoms with van der Waals surface area (Å²) < 4.78 is 2.06. The maximum Gasteiger partial charge on any atom is 0.330 e. The minimum atomic E-state index is -0.614. The third kappa shape index (κ3) is 5.17. The average Bonchev–Trinajstić information content (AvgIpc) is 3.22. The van der Waals surface area contributed by atoms with Gasteiger partial charge in [0.15, 0.2) is 10.0 Å². The molecule has 12 heteroatoms. The summed E-state index contributed by atoms with van der Waals surface area (Å²) in [7, 11) is 0. The molecule has 10 nitrogen and oxygen atoms in total. The fourth-order valence-electron chi connectivity index (χ4n) is 3.94. The first-order chi connectivity index (χ1) is 15.5. The van der Waals surface area contributed by atoms with Gasteiger partial charge < -0.3 is 16.0 Å². The molecule has 4 rings (SSSR count). The Morgan fingerprint density at radius 3 is 2.72 bits per heavy atom. The standard InChI is InChI=1S/C20H29N7O3S2/c1-2-3-10-26-16(21)15(17(29)23-19(26)30)27(13-6-4-5-7-13)14(28)11-31-20-25-24-18(32-20)22-12-8-9-12/h12-13H,2-11,21H2,1H3,(H,22,24)(H,23,29,30). The molecule has 0 radical (unpaired) electrons. The molecule has 2 aliphatic rings. The molecule has 2 aliphatic carbocycles. The number of nitrogens with one attached hydrogen (secondary N) is 2. The van der Waals surface area contributed by atoms with Crippen molar-refractivity contribution in [1.29, 1.82) is 0 Å². The lowest BCUT2D eigenvalue weighted by molar-refractivity contribution is -0.116. The SMILES string of the molecule is CCCCn1c(N)c(N(C(=O)CSc2nnc(NC3CC3)s2)C2CCCC2)c(=O)[nH]c1=O. The zero-order valence-electron chi connectivity index (χ0n) is 18.1. The average molecular weight is 480 g/mol.